The van der Waals surface area contributed by atoms with Gasteiger partial charge in [0.2, 0.25) is 11.8 Å². The predicted molar refractivity (Wildman–Crippen MR) is 158 cm³/mol. The molecule has 200 valence electrons. The maximum atomic E-state index is 13.1. The molecule has 37 heavy (non-hydrogen) atoms. The van der Waals surface area contributed by atoms with Crippen LogP contribution in [0.3, 0.4) is 0 Å². The molecule has 0 radical (unpaired) electrons. The highest BCUT2D eigenvalue weighted by molar-refractivity contribution is 8.00. The number of nitrogens with zero attached hydrogens (tertiary/aromatic N) is 1. The highest BCUT2D eigenvalue weighted by Gasteiger charge is 2.40. The topological polar surface area (TPSA) is 37.4 Å². The number of benzene rings is 2. The second-order valence-electron chi connectivity index (χ2n) is 10.9. The van der Waals surface area contributed by atoms with Crippen molar-refractivity contribution >= 4 is 29.3 Å². The molecule has 1 saturated heterocycles. The van der Waals surface area contributed by atoms with Crippen LogP contribution in [0.1, 0.15) is 114 Å². The molecule has 1 atom stereocenters. The molecule has 2 aliphatic rings. The summed E-state index contributed by atoms with van der Waals surface area (Å²) in [5.41, 5.74) is 5.75. The van der Waals surface area contributed by atoms with Crippen LogP contribution in [-0.4, -0.2) is 22.8 Å². The van der Waals surface area contributed by atoms with E-state index in [0.717, 1.165) is 24.3 Å². The minimum absolute atomic E-state index is 0.0316. The van der Waals surface area contributed by atoms with Gasteiger partial charge >= 0.3 is 0 Å². The van der Waals surface area contributed by atoms with E-state index in [0.29, 0.717) is 6.42 Å². The van der Waals surface area contributed by atoms with Crippen molar-refractivity contribution in [2.24, 2.45) is 0 Å². The van der Waals surface area contributed by atoms with E-state index in [-0.39, 0.29) is 17.1 Å². The Bertz CT molecular complexity index is 1030. The minimum Gasteiger partial charge on any atom is -0.274 e. The number of hydrogen-bond acceptors (Lipinski definition) is 3. The Labute approximate surface area is 228 Å². The smallest absolute Gasteiger partial charge is 0.247 e. The zero-order valence-corrected chi connectivity index (χ0v) is 23.6. The molecule has 0 spiro atoms. The summed E-state index contributed by atoms with van der Waals surface area (Å²) >= 11 is 1.68. The van der Waals surface area contributed by atoms with Crippen molar-refractivity contribution in [2.45, 2.75) is 115 Å². The van der Waals surface area contributed by atoms with Crippen molar-refractivity contribution in [3.05, 3.63) is 53.6 Å². The van der Waals surface area contributed by atoms with E-state index in [1.54, 1.807) is 11.8 Å². The summed E-state index contributed by atoms with van der Waals surface area (Å²) in [5.74, 6) is 0.879. The summed E-state index contributed by atoms with van der Waals surface area (Å²) in [6.07, 6.45) is 20.2. The molecular weight excluding hydrogens is 474 g/mol. The Balaban J connectivity index is 1.08. The SMILES string of the molecule is CCCCCCCCCCCCCCCCS[C@@H]1CC(=O)N(c2ccc3c(c2)Cc2ccccc2-3)C1=O. The first-order valence-corrected chi connectivity index (χ1v) is 15.9. The summed E-state index contributed by atoms with van der Waals surface area (Å²) < 4.78 is 0. The zero-order chi connectivity index (χ0) is 25.9. The van der Waals surface area contributed by atoms with Crippen LogP contribution in [0.2, 0.25) is 0 Å². The van der Waals surface area contributed by atoms with E-state index in [1.165, 1.54) is 111 Å². The van der Waals surface area contributed by atoms with Gasteiger partial charge in [0.15, 0.2) is 0 Å². The van der Waals surface area contributed by atoms with Crippen LogP contribution in [0.4, 0.5) is 5.69 Å². The van der Waals surface area contributed by atoms with Crippen LogP contribution >= 0.6 is 11.8 Å². The van der Waals surface area contributed by atoms with Crippen LogP contribution in [0.15, 0.2) is 42.5 Å². The monoisotopic (exact) mass is 519 g/mol. The van der Waals surface area contributed by atoms with Crippen LogP contribution in [0, 0.1) is 0 Å². The Morgan fingerprint density at radius 1 is 0.730 bits per heavy atom. The van der Waals surface area contributed by atoms with Gasteiger partial charge in [0, 0.05) is 6.42 Å². The van der Waals surface area contributed by atoms with Crippen molar-refractivity contribution in [3.8, 4) is 11.1 Å². The lowest BCUT2D eigenvalue weighted by atomic mass is 10.0. The molecule has 1 aliphatic heterocycles. The number of anilines is 1. The Kier molecular flexibility index (Phi) is 11.1. The lowest BCUT2D eigenvalue weighted by molar-refractivity contribution is -0.121. The van der Waals surface area contributed by atoms with Crippen molar-refractivity contribution in [2.75, 3.05) is 10.7 Å². The number of hydrogen-bond donors (Lipinski definition) is 0. The summed E-state index contributed by atoms with van der Waals surface area (Å²) in [6.45, 7) is 2.28. The summed E-state index contributed by atoms with van der Waals surface area (Å²) in [6, 6.07) is 14.5. The Morgan fingerprint density at radius 2 is 1.32 bits per heavy atom. The normalized spacial score (nSPS) is 16.5. The molecule has 4 heteroatoms. The molecule has 1 fully saturated rings. The van der Waals surface area contributed by atoms with Crippen LogP contribution in [0.25, 0.3) is 11.1 Å². The molecule has 2 amide bonds. The van der Waals surface area contributed by atoms with Gasteiger partial charge in [-0.05, 0) is 53.0 Å². The average molecular weight is 520 g/mol. The molecule has 4 rings (SSSR count). The Morgan fingerprint density at radius 3 is 2.00 bits per heavy atom. The van der Waals surface area contributed by atoms with Gasteiger partial charge in [0.1, 0.15) is 0 Å². The fraction of sp³-hybridized carbons (Fsp3) is 0.576. The molecule has 0 aromatic heterocycles. The quantitative estimate of drug-likeness (QED) is 0.132. The summed E-state index contributed by atoms with van der Waals surface area (Å²) in [7, 11) is 0. The molecular formula is C33H45NO2S. The first-order valence-electron chi connectivity index (χ1n) is 14.9. The van der Waals surface area contributed by atoms with Crippen molar-refractivity contribution in [1.29, 1.82) is 0 Å². The second kappa shape index (κ2) is 14.8. The van der Waals surface area contributed by atoms with Crippen molar-refractivity contribution in [3.63, 3.8) is 0 Å². The van der Waals surface area contributed by atoms with Gasteiger partial charge in [0.25, 0.3) is 0 Å². The number of carbonyl (C=O) groups is 2. The maximum Gasteiger partial charge on any atom is 0.247 e. The molecule has 1 heterocycles. The van der Waals surface area contributed by atoms with E-state index in [1.807, 2.05) is 12.1 Å². The first kappa shape index (κ1) is 28.0. The van der Waals surface area contributed by atoms with Gasteiger partial charge in [-0.1, -0.05) is 121 Å². The number of thioether (sulfide) groups is 1. The molecule has 2 aromatic rings. The van der Waals surface area contributed by atoms with Crippen molar-refractivity contribution in [1.82, 2.24) is 0 Å². The largest absolute Gasteiger partial charge is 0.274 e. The molecule has 0 bridgehead atoms. The first-order chi connectivity index (χ1) is 18.2. The van der Waals surface area contributed by atoms with E-state index >= 15 is 0 Å². The summed E-state index contributed by atoms with van der Waals surface area (Å²) in [4.78, 5) is 27.3. The average Bonchev–Trinajstić information content (AvgIpc) is 3.41. The molecule has 0 saturated carbocycles. The lowest BCUT2D eigenvalue weighted by Gasteiger charge is -2.16. The van der Waals surface area contributed by atoms with E-state index in [9.17, 15) is 9.59 Å². The fourth-order valence-electron chi connectivity index (χ4n) is 5.80. The van der Waals surface area contributed by atoms with E-state index < -0.39 is 0 Å². The van der Waals surface area contributed by atoms with Gasteiger partial charge in [0.05, 0.1) is 10.9 Å². The number of amides is 2. The third-order valence-electron chi connectivity index (χ3n) is 7.96. The zero-order valence-electron chi connectivity index (χ0n) is 22.8. The third kappa shape index (κ3) is 7.72. The number of imide groups is 1. The summed E-state index contributed by atoms with van der Waals surface area (Å²) in [5, 5.41) is -0.222. The predicted octanol–water partition coefficient (Wildman–Crippen LogP) is 9.10. The van der Waals surface area contributed by atoms with Crippen LogP contribution < -0.4 is 4.90 Å². The third-order valence-corrected chi connectivity index (χ3v) is 9.25. The van der Waals surface area contributed by atoms with Crippen LogP contribution in [-0.2, 0) is 16.0 Å². The van der Waals surface area contributed by atoms with Gasteiger partial charge in [-0.2, -0.15) is 0 Å². The second-order valence-corrected chi connectivity index (χ2v) is 12.2. The maximum absolute atomic E-state index is 13.1. The van der Waals surface area contributed by atoms with Crippen LogP contribution in [0.5, 0.6) is 0 Å². The number of carbonyl (C=O) groups excluding carboxylic acids is 2. The van der Waals surface area contributed by atoms with Gasteiger partial charge < -0.3 is 0 Å². The molecule has 1 aliphatic carbocycles. The fourth-order valence-corrected chi connectivity index (χ4v) is 6.96. The molecule has 0 unspecified atom stereocenters. The number of unbranched alkanes of at least 4 members (excludes halogenated alkanes) is 13. The van der Waals surface area contributed by atoms with Gasteiger partial charge in [-0.15, -0.1) is 11.8 Å². The van der Waals surface area contributed by atoms with Crippen molar-refractivity contribution < 1.29 is 9.59 Å². The number of rotatable bonds is 17. The minimum atomic E-state index is -0.222. The van der Waals surface area contributed by atoms with E-state index in [2.05, 4.69) is 37.3 Å². The Hall–Kier alpha value is -2.07. The van der Waals surface area contributed by atoms with Gasteiger partial charge in [-0.25, -0.2) is 4.90 Å². The van der Waals surface area contributed by atoms with Gasteiger partial charge in [-0.3, -0.25) is 9.59 Å². The lowest BCUT2D eigenvalue weighted by Crippen LogP contribution is -2.31. The molecule has 2 aromatic carbocycles. The highest BCUT2D eigenvalue weighted by atomic mass is 32.2. The molecule has 3 nitrogen and oxygen atoms in total. The number of fused-ring (bicyclic) bond motifs is 3. The molecule has 0 N–H and O–H groups in total. The standard InChI is InChI=1S/C33H45NO2S/c1-2-3-4-5-6-7-8-9-10-11-12-13-14-17-22-37-31-25-32(35)34(33(31)36)28-20-21-30-27(24-28)23-26-18-15-16-19-29(26)30/h15-16,18-21,24,31H,2-14,17,22-23,25H2,1H3/t31-/m1/s1. The highest BCUT2D eigenvalue weighted by Crippen LogP contribution is 2.39. The van der Waals surface area contributed by atoms with E-state index in [4.69, 9.17) is 0 Å².